The van der Waals surface area contributed by atoms with E-state index < -0.39 is 14.9 Å². The molecule has 9 heteroatoms. The van der Waals surface area contributed by atoms with Crippen LogP contribution in [0.4, 0.5) is 17.2 Å². The Morgan fingerprint density at radius 2 is 2.12 bits per heavy atom. The molecule has 0 aliphatic carbocycles. The number of pyridine rings is 1. The second-order valence-corrected chi connectivity index (χ2v) is 7.41. The van der Waals surface area contributed by atoms with Crippen LogP contribution >= 0.6 is 0 Å². The minimum absolute atomic E-state index is 0.101. The maximum Gasteiger partial charge on any atom is 0.311 e. The van der Waals surface area contributed by atoms with Crippen molar-refractivity contribution in [1.29, 1.82) is 0 Å². The molecule has 2 heterocycles. The molecule has 1 fully saturated rings. The van der Waals surface area contributed by atoms with E-state index in [-0.39, 0.29) is 17.3 Å². The third-order valence-electron chi connectivity index (χ3n) is 3.74. The zero-order valence-corrected chi connectivity index (χ0v) is 13.6. The molecule has 0 saturated carbocycles. The summed E-state index contributed by atoms with van der Waals surface area (Å²) in [5.41, 5.74) is 1.33. The van der Waals surface area contributed by atoms with Crippen molar-refractivity contribution in [3.8, 4) is 0 Å². The van der Waals surface area contributed by atoms with Crippen molar-refractivity contribution >= 4 is 27.2 Å². The highest BCUT2D eigenvalue weighted by molar-refractivity contribution is 7.93. The lowest BCUT2D eigenvalue weighted by atomic mass is 10.2. The largest absolute Gasteiger partial charge is 0.360 e. The molecule has 126 valence electrons. The van der Waals surface area contributed by atoms with E-state index in [1.807, 2.05) is 6.07 Å². The fourth-order valence-electron chi connectivity index (χ4n) is 2.62. The maximum atomic E-state index is 12.0. The maximum absolute atomic E-state index is 12.0. The van der Waals surface area contributed by atoms with Gasteiger partial charge in [0.05, 0.1) is 16.4 Å². The highest BCUT2D eigenvalue weighted by Gasteiger charge is 2.28. The van der Waals surface area contributed by atoms with Crippen molar-refractivity contribution in [2.45, 2.75) is 13.0 Å². The normalized spacial score (nSPS) is 16.1. The summed E-state index contributed by atoms with van der Waals surface area (Å²) in [6.07, 6.45) is 2.09. The van der Waals surface area contributed by atoms with Gasteiger partial charge in [-0.15, -0.1) is 0 Å². The van der Waals surface area contributed by atoms with Gasteiger partial charge in [-0.3, -0.25) is 14.4 Å². The minimum atomic E-state index is -3.23. The van der Waals surface area contributed by atoms with Crippen LogP contribution in [0.1, 0.15) is 12.0 Å². The molecule has 1 aliphatic heterocycles. The lowest BCUT2D eigenvalue weighted by molar-refractivity contribution is -0.384. The second-order valence-electron chi connectivity index (χ2n) is 5.39. The number of nitro groups is 1. The number of anilines is 2. The Morgan fingerprint density at radius 3 is 2.83 bits per heavy atom. The standard InChI is InChI=1S/C15H16N4O4S/c20-19(21)14-6-2-7-16-15(14)17-11-12-4-1-5-13(10-12)18-8-3-9-24(18,22)23/h1-2,4-7,10H,3,8-9,11H2,(H,16,17). The van der Waals surface area contributed by atoms with Gasteiger partial charge >= 0.3 is 5.69 Å². The number of benzene rings is 1. The molecule has 1 aliphatic rings. The summed E-state index contributed by atoms with van der Waals surface area (Å²) in [5.74, 6) is 0.344. The molecular weight excluding hydrogens is 332 g/mol. The number of hydrogen-bond acceptors (Lipinski definition) is 6. The topological polar surface area (TPSA) is 105 Å². The Hall–Kier alpha value is -2.68. The molecule has 1 aromatic heterocycles. The fraction of sp³-hybridized carbons (Fsp3) is 0.267. The van der Waals surface area contributed by atoms with E-state index in [1.54, 1.807) is 18.2 Å². The third-order valence-corrected chi connectivity index (χ3v) is 5.61. The van der Waals surface area contributed by atoms with Gasteiger partial charge in [0.15, 0.2) is 0 Å². The van der Waals surface area contributed by atoms with Gasteiger partial charge in [-0.25, -0.2) is 13.4 Å². The molecule has 3 rings (SSSR count). The van der Waals surface area contributed by atoms with Crippen molar-refractivity contribution < 1.29 is 13.3 Å². The molecule has 0 amide bonds. The molecule has 0 radical (unpaired) electrons. The molecule has 1 saturated heterocycles. The van der Waals surface area contributed by atoms with Crippen LogP contribution in [-0.4, -0.2) is 30.6 Å². The molecule has 2 aromatic rings. The Balaban J connectivity index is 1.78. The van der Waals surface area contributed by atoms with Gasteiger partial charge in [0.1, 0.15) is 0 Å². The molecule has 0 spiro atoms. The number of hydrogen-bond donors (Lipinski definition) is 1. The van der Waals surface area contributed by atoms with E-state index in [2.05, 4.69) is 10.3 Å². The van der Waals surface area contributed by atoms with Gasteiger partial charge in [-0.1, -0.05) is 12.1 Å². The summed E-state index contributed by atoms with van der Waals surface area (Å²) in [4.78, 5) is 14.5. The summed E-state index contributed by atoms with van der Waals surface area (Å²) < 4.78 is 25.4. The highest BCUT2D eigenvalue weighted by Crippen LogP contribution is 2.26. The van der Waals surface area contributed by atoms with Crippen LogP contribution in [0.5, 0.6) is 0 Å². The third kappa shape index (κ3) is 3.30. The van der Waals surface area contributed by atoms with Crippen molar-refractivity contribution in [3.05, 3.63) is 58.3 Å². The quantitative estimate of drug-likeness (QED) is 0.655. The molecule has 24 heavy (non-hydrogen) atoms. The molecule has 0 bridgehead atoms. The summed E-state index contributed by atoms with van der Waals surface area (Å²) in [6.45, 7) is 0.782. The molecule has 0 unspecified atom stereocenters. The van der Waals surface area contributed by atoms with Crippen LogP contribution in [0.15, 0.2) is 42.6 Å². The van der Waals surface area contributed by atoms with Gasteiger partial charge in [-0.2, -0.15) is 0 Å². The van der Waals surface area contributed by atoms with Gasteiger partial charge in [-0.05, 0) is 30.2 Å². The first-order chi connectivity index (χ1) is 11.5. The van der Waals surface area contributed by atoms with Crippen molar-refractivity contribution in [2.75, 3.05) is 21.9 Å². The molecule has 0 atom stereocenters. The number of sulfonamides is 1. The molecular formula is C15H16N4O4S. The Kier molecular flexibility index (Phi) is 4.34. The lowest BCUT2D eigenvalue weighted by Gasteiger charge is -2.17. The number of aromatic nitrogens is 1. The Bertz CT molecular complexity index is 869. The predicted octanol–water partition coefficient (Wildman–Crippen LogP) is 2.14. The average Bonchev–Trinajstić information content (AvgIpc) is 2.92. The van der Waals surface area contributed by atoms with Crippen molar-refractivity contribution in [3.63, 3.8) is 0 Å². The van der Waals surface area contributed by atoms with Crippen LogP contribution in [0.2, 0.25) is 0 Å². The second kappa shape index (κ2) is 6.44. The van der Waals surface area contributed by atoms with Gasteiger partial charge in [0, 0.05) is 25.4 Å². The zero-order valence-electron chi connectivity index (χ0n) is 12.8. The smallest absolute Gasteiger partial charge is 0.311 e. The first-order valence-electron chi connectivity index (χ1n) is 7.40. The number of nitrogens with one attached hydrogen (secondary N) is 1. The zero-order chi connectivity index (χ0) is 17.2. The minimum Gasteiger partial charge on any atom is -0.360 e. The van der Waals surface area contributed by atoms with Gasteiger partial charge in [0.25, 0.3) is 0 Å². The van der Waals surface area contributed by atoms with Crippen molar-refractivity contribution in [1.82, 2.24) is 4.98 Å². The monoisotopic (exact) mass is 348 g/mol. The van der Waals surface area contributed by atoms with E-state index in [0.717, 1.165) is 5.56 Å². The van der Waals surface area contributed by atoms with E-state index in [4.69, 9.17) is 0 Å². The first kappa shape index (κ1) is 16.2. The van der Waals surface area contributed by atoms with E-state index in [0.29, 0.717) is 25.2 Å². The molecule has 8 nitrogen and oxygen atoms in total. The van der Waals surface area contributed by atoms with Crippen LogP contribution in [0.3, 0.4) is 0 Å². The summed E-state index contributed by atoms with van der Waals surface area (Å²) in [6, 6.07) is 9.99. The Morgan fingerprint density at radius 1 is 1.29 bits per heavy atom. The van der Waals surface area contributed by atoms with Gasteiger partial charge < -0.3 is 5.32 Å². The van der Waals surface area contributed by atoms with Crippen LogP contribution in [-0.2, 0) is 16.6 Å². The van der Waals surface area contributed by atoms with E-state index >= 15 is 0 Å². The van der Waals surface area contributed by atoms with E-state index in [1.165, 1.54) is 22.6 Å². The average molecular weight is 348 g/mol. The summed E-state index contributed by atoms with van der Waals surface area (Å²) in [7, 11) is -3.23. The number of rotatable bonds is 5. The highest BCUT2D eigenvalue weighted by atomic mass is 32.2. The van der Waals surface area contributed by atoms with Gasteiger partial charge in [0.2, 0.25) is 15.8 Å². The Labute approximate surface area is 139 Å². The van der Waals surface area contributed by atoms with Crippen LogP contribution in [0, 0.1) is 10.1 Å². The summed E-state index contributed by atoms with van der Waals surface area (Å²) >= 11 is 0. The predicted molar refractivity (Wildman–Crippen MR) is 90.4 cm³/mol. The molecule has 1 N–H and O–H groups in total. The first-order valence-corrected chi connectivity index (χ1v) is 9.01. The van der Waals surface area contributed by atoms with Crippen LogP contribution in [0.25, 0.3) is 0 Å². The molecule has 1 aromatic carbocycles. The van der Waals surface area contributed by atoms with E-state index in [9.17, 15) is 18.5 Å². The van der Waals surface area contributed by atoms with Crippen LogP contribution < -0.4 is 9.62 Å². The van der Waals surface area contributed by atoms with Crippen molar-refractivity contribution in [2.24, 2.45) is 0 Å². The lowest BCUT2D eigenvalue weighted by Crippen LogP contribution is -2.25. The summed E-state index contributed by atoms with van der Waals surface area (Å²) in [5, 5.41) is 13.9. The fourth-order valence-corrected chi connectivity index (χ4v) is 4.17. The number of nitrogens with zero attached hydrogens (tertiary/aromatic N) is 3. The SMILES string of the molecule is O=[N+]([O-])c1cccnc1NCc1cccc(N2CCCS2(=O)=O)c1.